The lowest BCUT2D eigenvalue weighted by Crippen LogP contribution is -2.05. The van der Waals surface area contributed by atoms with E-state index >= 15 is 0 Å². The number of benzene rings is 1. The second kappa shape index (κ2) is 4.33. The van der Waals surface area contributed by atoms with Gasteiger partial charge in [-0.15, -0.1) is 0 Å². The Balaban J connectivity index is 2.89. The largest absolute Gasteiger partial charge is 0.601 e. The molecule has 0 bridgehead atoms. The van der Waals surface area contributed by atoms with Crippen molar-refractivity contribution in [3.05, 3.63) is 41.9 Å². The van der Waals surface area contributed by atoms with Crippen LogP contribution in [-0.2, 0) is 4.74 Å². The van der Waals surface area contributed by atoms with Crippen molar-refractivity contribution < 1.29 is 14.6 Å². The molecule has 0 aliphatic carbocycles. The van der Waals surface area contributed by atoms with Gasteiger partial charge in [-0.2, -0.15) is 0 Å². The zero-order chi connectivity index (χ0) is 9.68. The first-order chi connectivity index (χ1) is 6.26. The maximum absolute atomic E-state index is 10.8. The lowest BCUT2D eigenvalue weighted by Gasteiger charge is -2.01. The monoisotopic (exact) mass is 178 g/mol. The molecule has 0 N–H and O–H groups in total. The summed E-state index contributed by atoms with van der Waals surface area (Å²) in [4.78, 5) is 0. The molecule has 3 nitrogen and oxygen atoms in total. The number of hydrogen-bond acceptors (Lipinski definition) is 3. The van der Waals surface area contributed by atoms with Gasteiger partial charge in [0.15, 0.2) is 17.3 Å². The van der Waals surface area contributed by atoms with Gasteiger partial charge in [-0.1, -0.05) is 0 Å². The normalized spacial score (nSPS) is 10.5. The molecule has 3 heteroatoms. The molecule has 13 heavy (non-hydrogen) atoms. The summed E-state index contributed by atoms with van der Waals surface area (Å²) in [5, 5.41) is 10.8. The van der Waals surface area contributed by atoms with Gasteiger partial charge in [-0.3, -0.25) is 0 Å². The molecule has 0 heterocycles. The highest BCUT2D eigenvalue weighted by atomic mass is 16.6. The van der Waals surface area contributed by atoms with Crippen LogP contribution in [0.15, 0.2) is 30.2 Å². The van der Waals surface area contributed by atoms with Crippen LogP contribution in [0.25, 0.3) is 0 Å². The summed E-state index contributed by atoms with van der Waals surface area (Å²) >= 11 is 0. The third-order valence-corrected chi connectivity index (χ3v) is 1.50. The Morgan fingerprint density at radius 2 is 2.15 bits per heavy atom. The summed E-state index contributed by atoms with van der Waals surface area (Å²) in [6.07, 6.45) is 2.53. The van der Waals surface area contributed by atoms with Crippen molar-refractivity contribution in [3.63, 3.8) is 0 Å². The SMILES string of the molecule is COC([O-])=[C+]c1cccc(OC)c1. The molecule has 1 aromatic rings. The standard InChI is InChI=1S/C10H10O3/c1-12-9-5-3-4-8(6-9)7-10(11)13-2/h3-6H,1-2H3. The number of hydrogen-bond donors (Lipinski definition) is 0. The molecule has 0 aliphatic heterocycles. The Kier molecular flexibility index (Phi) is 3.12. The zero-order valence-corrected chi connectivity index (χ0v) is 7.53. The van der Waals surface area contributed by atoms with Crippen molar-refractivity contribution in [2.45, 2.75) is 0 Å². The molecular weight excluding hydrogens is 168 g/mol. The summed E-state index contributed by atoms with van der Waals surface area (Å²) in [6.45, 7) is 0. The van der Waals surface area contributed by atoms with Crippen molar-refractivity contribution in [3.8, 4) is 5.75 Å². The van der Waals surface area contributed by atoms with E-state index in [1.54, 1.807) is 31.4 Å². The van der Waals surface area contributed by atoms with E-state index in [9.17, 15) is 5.11 Å². The minimum absolute atomic E-state index is 0.492. The van der Waals surface area contributed by atoms with Gasteiger partial charge in [0.05, 0.1) is 25.3 Å². The number of ether oxygens (including phenoxy) is 2. The molecule has 0 saturated carbocycles. The molecule has 0 unspecified atom stereocenters. The van der Waals surface area contributed by atoms with Gasteiger partial charge in [-0.05, 0) is 7.11 Å². The number of methoxy groups -OCH3 is 2. The van der Waals surface area contributed by atoms with Gasteiger partial charge < -0.3 is 14.6 Å². The minimum atomic E-state index is -0.492. The first-order valence-corrected chi connectivity index (χ1v) is 3.75. The lowest BCUT2D eigenvalue weighted by atomic mass is 10.2. The molecule has 1 rings (SSSR count). The smallest absolute Gasteiger partial charge is 0.194 e. The molecule has 0 atom stereocenters. The molecule has 0 aromatic heterocycles. The van der Waals surface area contributed by atoms with Crippen molar-refractivity contribution in [1.82, 2.24) is 0 Å². The fourth-order valence-corrected chi connectivity index (χ4v) is 0.870. The minimum Gasteiger partial charge on any atom is -0.601 e. The van der Waals surface area contributed by atoms with E-state index in [2.05, 4.69) is 10.8 Å². The quantitative estimate of drug-likeness (QED) is 0.505. The third kappa shape index (κ3) is 2.65. The molecule has 68 valence electrons. The lowest BCUT2D eigenvalue weighted by molar-refractivity contribution is -0.354. The Hall–Kier alpha value is -1.73. The van der Waals surface area contributed by atoms with Crippen LogP contribution in [0, 0.1) is 6.08 Å². The first-order valence-electron chi connectivity index (χ1n) is 3.75. The van der Waals surface area contributed by atoms with Crippen molar-refractivity contribution in [1.29, 1.82) is 0 Å². The van der Waals surface area contributed by atoms with E-state index in [0.717, 1.165) is 0 Å². The van der Waals surface area contributed by atoms with Gasteiger partial charge in [0.2, 0.25) is 0 Å². The molecule has 0 saturated heterocycles. The predicted octanol–water partition coefficient (Wildman–Crippen LogP) is 0.695. The molecular formula is C10H10O3. The van der Waals surface area contributed by atoms with Crippen LogP contribution in [0.5, 0.6) is 5.75 Å². The van der Waals surface area contributed by atoms with E-state index in [0.29, 0.717) is 11.3 Å². The van der Waals surface area contributed by atoms with E-state index in [1.165, 1.54) is 7.11 Å². The predicted molar refractivity (Wildman–Crippen MR) is 45.9 cm³/mol. The van der Waals surface area contributed by atoms with Crippen molar-refractivity contribution >= 4 is 0 Å². The van der Waals surface area contributed by atoms with E-state index in [1.807, 2.05) is 0 Å². The Morgan fingerprint density at radius 3 is 2.77 bits per heavy atom. The Morgan fingerprint density at radius 1 is 1.38 bits per heavy atom. The van der Waals surface area contributed by atoms with Gasteiger partial charge >= 0.3 is 0 Å². The van der Waals surface area contributed by atoms with Crippen LogP contribution >= 0.6 is 0 Å². The Bertz CT molecular complexity index is 305. The van der Waals surface area contributed by atoms with Crippen LogP contribution in [0.3, 0.4) is 0 Å². The van der Waals surface area contributed by atoms with E-state index in [4.69, 9.17) is 4.74 Å². The summed E-state index contributed by atoms with van der Waals surface area (Å²) in [5.74, 6) is 0.196. The highest BCUT2D eigenvalue weighted by molar-refractivity contribution is 5.32. The molecule has 0 fully saturated rings. The first kappa shape index (κ1) is 9.36. The second-order valence-electron chi connectivity index (χ2n) is 2.35. The molecule has 1 aromatic carbocycles. The fraction of sp³-hybridized carbons (Fsp3) is 0.200. The zero-order valence-electron chi connectivity index (χ0n) is 7.53. The van der Waals surface area contributed by atoms with Gasteiger partial charge in [0, 0.05) is 12.1 Å². The van der Waals surface area contributed by atoms with Crippen LogP contribution < -0.4 is 9.84 Å². The summed E-state index contributed by atoms with van der Waals surface area (Å²) < 4.78 is 9.41. The van der Waals surface area contributed by atoms with Crippen LogP contribution in [0.1, 0.15) is 5.56 Å². The summed E-state index contributed by atoms with van der Waals surface area (Å²) in [7, 11) is 2.88. The average Bonchev–Trinajstić information content (AvgIpc) is 2.18. The molecule has 0 amide bonds. The summed E-state index contributed by atoms with van der Waals surface area (Å²) in [5.41, 5.74) is 0.645. The van der Waals surface area contributed by atoms with E-state index in [-0.39, 0.29) is 0 Å². The molecule has 0 spiro atoms. The van der Waals surface area contributed by atoms with Gasteiger partial charge in [-0.25, -0.2) is 0 Å². The number of rotatable bonds is 3. The highest BCUT2D eigenvalue weighted by Gasteiger charge is 2.02. The Labute approximate surface area is 77.2 Å². The molecule has 0 aliphatic rings. The van der Waals surface area contributed by atoms with Gasteiger partial charge in [0.25, 0.3) is 0 Å². The van der Waals surface area contributed by atoms with Crippen molar-refractivity contribution in [2.75, 3.05) is 14.2 Å². The van der Waals surface area contributed by atoms with Crippen LogP contribution in [0.2, 0.25) is 0 Å². The van der Waals surface area contributed by atoms with Crippen molar-refractivity contribution in [2.24, 2.45) is 0 Å². The molecule has 0 radical (unpaired) electrons. The van der Waals surface area contributed by atoms with Gasteiger partial charge in [0.1, 0.15) is 0 Å². The maximum atomic E-state index is 10.8. The summed E-state index contributed by atoms with van der Waals surface area (Å²) in [6, 6.07) is 7.03. The van der Waals surface area contributed by atoms with E-state index < -0.39 is 5.95 Å². The maximum Gasteiger partial charge on any atom is 0.194 e. The highest BCUT2D eigenvalue weighted by Crippen LogP contribution is 2.12. The third-order valence-electron chi connectivity index (χ3n) is 1.50. The fourth-order valence-electron chi connectivity index (χ4n) is 0.870. The van der Waals surface area contributed by atoms with Crippen LogP contribution in [-0.4, -0.2) is 14.2 Å². The average molecular weight is 178 g/mol. The van der Waals surface area contributed by atoms with Crippen LogP contribution in [0.4, 0.5) is 0 Å². The second-order valence-corrected chi connectivity index (χ2v) is 2.35. The topological polar surface area (TPSA) is 41.5 Å².